The van der Waals surface area contributed by atoms with Gasteiger partial charge in [-0.25, -0.2) is 9.40 Å². The molecule has 0 saturated carbocycles. The van der Waals surface area contributed by atoms with Crippen LogP contribution in [0.25, 0.3) is 11.0 Å². The Hall–Kier alpha value is -4.20. The second-order valence-electron chi connectivity index (χ2n) is 7.66. The summed E-state index contributed by atoms with van der Waals surface area (Å²) in [6, 6.07) is 16.4. The van der Waals surface area contributed by atoms with Crippen LogP contribution in [0.15, 0.2) is 80.9 Å². The molecule has 0 spiro atoms. The number of hydrogen-bond acceptors (Lipinski definition) is 6. The summed E-state index contributed by atoms with van der Waals surface area (Å²) in [4.78, 5) is 24.4. The lowest BCUT2D eigenvalue weighted by Gasteiger charge is -2.20. The Labute approximate surface area is 188 Å². The number of Topliss-reactive ketones (excluding diaryl/α,β-unsaturated/α-hetero) is 1. The molecule has 1 atom stereocenters. The third kappa shape index (κ3) is 4.03. The molecule has 5 rings (SSSR count). The number of hydrogen-bond donors (Lipinski definition) is 0. The summed E-state index contributed by atoms with van der Waals surface area (Å²) in [6.07, 6.45) is 1.94. The van der Waals surface area contributed by atoms with Crippen LogP contribution in [0, 0.1) is 5.82 Å². The van der Waals surface area contributed by atoms with Gasteiger partial charge in [-0.2, -0.15) is 5.10 Å². The van der Waals surface area contributed by atoms with Crippen molar-refractivity contribution in [3.63, 3.8) is 0 Å². The van der Waals surface area contributed by atoms with E-state index in [0.717, 1.165) is 17.0 Å². The topological polar surface area (TPSA) is 85.3 Å². The molecule has 0 fully saturated rings. The average molecular weight is 446 g/mol. The van der Waals surface area contributed by atoms with Gasteiger partial charge in [-0.3, -0.25) is 9.59 Å². The van der Waals surface area contributed by atoms with Crippen molar-refractivity contribution in [1.82, 2.24) is 5.01 Å². The maximum absolute atomic E-state index is 14.1. The SMILES string of the molecule is CC(=O)c1ccc(OCC(=O)N2N=C(c3cc4ccccc4o3)CC2c2ccco2)cc1F. The van der Waals surface area contributed by atoms with Crippen molar-refractivity contribution in [1.29, 1.82) is 0 Å². The molecule has 7 nitrogen and oxygen atoms in total. The van der Waals surface area contributed by atoms with Gasteiger partial charge in [-0.1, -0.05) is 18.2 Å². The van der Waals surface area contributed by atoms with E-state index in [-0.39, 0.29) is 23.7 Å². The van der Waals surface area contributed by atoms with E-state index in [1.807, 2.05) is 30.3 Å². The van der Waals surface area contributed by atoms with E-state index in [2.05, 4.69) is 5.10 Å². The zero-order valence-corrected chi connectivity index (χ0v) is 17.7. The van der Waals surface area contributed by atoms with Crippen LogP contribution in [0.4, 0.5) is 4.39 Å². The van der Waals surface area contributed by atoms with E-state index >= 15 is 0 Å². The third-order valence-corrected chi connectivity index (χ3v) is 5.43. The number of hydrazone groups is 1. The van der Waals surface area contributed by atoms with Gasteiger partial charge in [-0.05, 0) is 43.3 Å². The smallest absolute Gasteiger partial charge is 0.281 e. The van der Waals surface area contributed by atoms with E-state index in [9.17, 15) is 14.0 Å². The van der Waals surface area contributed by atoms with Gasteiger partial charge in [0.15, 0.2) is 18.2 Å². The van der Waals surface area contributed by atoms with Crippen molar-refractivity contribution in [2.45, 2.75) is 19.4 Å². The maximum atomic E-state index is 14.1. The van der Waals surface area contributed by atoms with Gasteiger partial charge in [0.1, 0.15) is 34.7 Å². The zero-order chi connectivity index (χ0) is 22.9. The molecular weight excluding hydrogens is 427 g/mol. The summed E-state index contributed by atoms with van der Waals surface area (Å²) in [7, 11) is 0. The van der Waals surface area contributed by atoms with E-state index in [1.165, 1.54) is 30.3 Å². The number of furan rings is 2. The Balaban J connectivity index is 1.38. The molecule has 0 saturated heterocycles. The van der Waals surface area contributed by atoms with E-state index in [0.29, 0.717) is 23.7 Å². The standard InChI is InChI=1S/C25H19FN2O5/c1-15(29)18-9-8-17(12-19(18)26)32-14-25(30)28-21(23-7-4-10-31-23)13-20(27-28)24-11-16-5-2-3-6-22(16)33-24/h2-12,21H,13-14H2,1H3. The minimum Gasteiger partial charge on any atom is -0.484 e. The highest BCUT2D eigenvalue weighted by Gasteiger charge is 2.36. The number of benzene rings is 2. The molecule has 3 heterocycles. The van der Waals surface area contributed by atoms with Crippen molar-refractivity contribution in [3.05, 3.63) is 89.8 Å². The van der Waals surface area contributed by atoms with Gasteiger partial charge in [0.25, 0.3) is 5.91 Å². The van der Waals surface area contributed by atoms with Crippen molar-refractivity contribution >= 4 is 28.4 Å². The summed E-state index contributed by atoms with van der Waals surface area (Å²) >= 11 is 0. The molecule has 8 heteroatoms. The first-order chi connectivity index (χ1) is 16.0. The van der Waals surface area contributed by atoms with Crippen LogP contribution >= 0.6 is 0 Å². The molecular formula is C25H19FN2O5. The number of carbonyl (C=O) groups is 2. The lowest BCUT2D eigenvalue weighted by molar-refractivity contribution is -0.135. The molecule has 1 unspecified atom stereocenters. The number of halogens is 1. The number of rotatable bonds is 6. The lowest BCUT2D eigenvalue weighted by Crippen LogP contribution is -2.31. The van der Waals surface area contributed by atoms with Crippen molar-refractivity contribution in [3.8, 4) is 5.75 Å². The fraction of sp³-hybridized carbons (Fsp3) is 0.160. The van der Waals surface area contributed by atoms with Crippen LogP contribution in [0.5, 0.6) is 5.75 Å². The first kappa shape index (κ1) is 20.7. The number of carbonyl (C=O) groups excluding carboxylic acids is 2. The Kier molecular flexibility index (Phi) is 5.26. The molecule has 166 valence electrons. The van der Waals surface area contributed by atoms with Crippen LogP contribution in [-0.4, -0.2) is 29.0 Å². The van der Waals surface area contributed by atoms with Crippen LogP contribution < -0.4 is 4.74 Å². The van der Waals surface area contributed by atoms with E-state index in [4.69, 9.17) is 13.6 Å². The average Bonchev–Trinajstić information content (AvgIpc) is 3.55. The van der Waals surface area contributed by atoms with E-state index < -0.39 is 17.8 Å². The maximum Gasteiger partial charge on any atom is 0.281 e. The molecule has 1 amide bonds. The minimum absolute atomic E-state index is 0.0359. The van der Waals surface area contributed by atoms with Gasteiger partial charge in [0.05, 0.1) is 11.8 Å². The molecule has 4 aromatic rings. The predicted octanol–water partition coefficient (Wildman–Crippen LogP) is 5.12. The largest absolute Gasteiger partial charge is 0.484 e. The Morgan fingerprint density at radius 3 is 2.73 bits per heavy atom. The summed E-state index contributed by atoms with van der Waals surface area (Å²) in [5.41, 5.74) is 1.30. The quantitative estimate of drug-likeness (QED) is 0.384. The summed E-state index contributed by atoms with van der Waals surface area (Å²) in [5, 5.41) is 6.75. The van der Waals surface area contributed by atoms with Crippen molar-refractivity contribution < 1.29 is 27.6 Å². The number of para-hydroxylation sites is 1. The summed E-state index contributed by atoms with van der Waals surface area (Å²) < 4.78 is 31.0. The minimum atomic E-state index is -0.702. The molecule has 1 aliphatic heterocycles. The predicted molar refractivity (Wildman–Crippen MR) is 118 cm³/mol. The lowest BCUT2D eigenvalue weighted by atomic mass is 10.1. The molecule has 0 bridgehead atoms. The molecule has 0 aliphatic carbocycles. The molecule has 1 aliphatic rings. The fourth-order valence-corrected chi connectivity index (χ4v) is 3.80. The Morgan fingerprint density at radius 1 is 1.15 bits per heavy atom. The fourth-order valence-electron chi connectivity index (χ4n) is 3.80. The molecule has 0 N–H and O–H groups in total. The van der Waals surface area contributed by atoms with Crippen LogP contribution in [-0.2, 0) is 4.79 Å². The summed E-state index contributed by atoms with van der Waals surface area (Å²) in [5.74, 6) is -0.228. The van der Waals surface area contributed by atoms with Crippen molar-refractivity contribution in [2.75, 3.05) is 6.61 Å². The first-order valence-corrected chi connectivity index (χ1v) is 10.3. The normalized spacial score (nSPS) is 15.6. The van der Waals surface area contributed by atoms with E-state index in [1.54, 1.807) is 12.1 Å². The van der Waals surface area contributed by atoms with Gasteiger partial charge < -0.3 is 13.6 Å². The highest BCUT2D eigenvalue weighted by Crippen LogP contribution is 2.34. The van der Waals surface area contributed by atoms with Crippen molar-refractivity contribution in [2.24, 2.45) is 5.10 Å². The second kappa shape index (κ2) is 8.38. The van der Waals surface area contributed by atoms with Gasteiger partial charge in [0, 0.05) is 17.9 Å². The monoisotopic (exact) mass is 446 g/mol. The number of nitrogens with zero attached hydrogens (tertiary/aromatic N) is 2. The second-order valence-corrected chi connectivity index (χ2v) is 7.66. The van der Waals surface area contributed by atoms with Gasteiger partial charge in [0.2, 0.25) is 0 Å². The Bertz CT molecular complexity index is 1340. The molecule has 0 radical (unpaired) electrons. The first-order valence-electron chi connectivity index (χ1n) is 10.3. The zero-order valence-electron chi connectivity index (χ0n) is 17.7. The number of fused-ring (bicyclic) bond motifs is 1. The Morgan fingerprint density at radius 2 is 2.00 bits per heavy atom. The third-order valence-electron chi connectivity index (χ3n) is 5.43. The summed E-state index contributed by atoms with van der Waals surface area (Å²) in [6.45, 7) is 0.912. The van der Waals surface area contributed by atoms with Crippen LogP contribution in [0.3, 0.4) is 0 Å². The van der Waals surface area contributed by atoms with Gasteiger partial charge in [-0.15, -0.1) is 0 Å². The highest BCUT2D eigenvalue weighted by atomic mass is 19.1. The number of ketones is 1. The van der Waals surface area contributed by atoms with Gasteiger partial charge >= 0.3 is 0 Å². The van der Waals surface area contributed by atoms with Crippen LogP contribution in [0.1, 0.15) is 41.3 Å². The number of amides is 1. The molecule has 2 aromatic carbocycles. The highest BCUT2D eigenvalue weighted by molar-refractivity contribution is 6.03. The molecule has 2 aromatic heterocycles. The number of ether oxygens (including phenoxy) is 1. The van der Waals surface area contributed by atoms with Crippen LogP contribution in [0.2, 0.25) is 0 Å². The molecule has 33 heavy (non-hydrogen) atoms.